The van der Waals surface area contributed by atoms with Gasteiger partial charge in [0.15, 0.2) is 6.61 Å². The number of rotatable bonds is 9. The Morgan fingerprint density at radius 3 is 2.39 bits per heavy atom. The summed E-state index contributed by atoms with van der Waals surface area (Å²) in [7, 11) is 1.54. The molecule has 8 heteroatoms. The van der Waals surface area contributed by atoms with Crippen molar-refractivity contribution in [2.24, 2.45) is 0 Å². The molecule has 0 radical (unpaired) electrons. The number of anilines is 1. The van der Waals surface area contributed by atoms with Gasteiger partial charge in [-0.05, 0) is 48.7 Å². The van der Waals surface area contributed by atoms with Crippen LogP contribution in [0.25, 0.3) is 0 Å². The molecular formula is C23H24N2O6. The van der Waals surface area contributed by atoms with Gasteiger partial charge in [-0.15, -0.1) is 0 Å². The van der Waals surface area contributed by atoms with Crippen LogP contribution in [0.15, 0.2) is 42.5 Å². The molecule has 1 heterocycles. The summed E-state index contributed by atoms with van der Waals surface area (Å²) in [5.41, 5.74) is 2.24. The highest BCUT2D eigenvalue weighted by Crippen LogP contribution is 2.24. The van der Waals surface area contributed by atoms with Crippen molar-refractivity contribution in [3.05, 3.63) is 64.7 Å². The van der Waals surface area contributed by atoms with Gasteiger partial charge >= 0.3 is 5.97 Å². The maximum Gasteiger partial charge on any atom is 0.338 e. The molecule has 0 saturated carbocycles. The lowest BCUT2D eigenvalue weighted by atomic mass is 10.1. The van der Waals surface area contributed by atoms with E-state index < -0.39 is 30.3 Å². The molecule has 0 bridgehead atoms. The van der Waals surface area contributed by atoms with E-state index in [9.17, 15) is 19.2 Å². The van der Waals surface area contributed by atoms with Crippen LogP contribution in [0.3, 0.4) is 0 Å². The summed E-state index contributed by atoms with van der Waals surface area (Å²) in [5, 5.41) is 2.65. The van der Waals surface area contributed by atoms with Crippen LogP contribution >= 0.6 is 0 Å². The molecule has 0 aliphatic carbocycles. The maximum atomic E-state index is 12.5. The van der Waals surface area contributed by atoms with E-state index in [0.29, 0.717) is 18.7 Å². The topological polar surface area (TPSA) is 102 Å². The third-order valence-electron chi connectivity index (χ3n) is 4.92. The lowest BCUT2D eigenvalue weighted by molar-refractivity contribution is -0.119. The third-order valence-corrected chi connectivity index (χ3v) is 4.92. The predicted octanol–water partition coefficient (Wildman–Crippen LogP) is 2.68. The van der Waals surface area contributed by atoms with Gasteiger partial charge in [0.2, 0.25) is 0 Å². The van der Waals surface area contributed by atoms with Crippen LogP contribution in [-0.4, -0.2) is 55.5 Å². The summed E-state index contributed by atoms with van der Waals surface area (Å²) < 4.78 is 10.0. The van der Waals surface area contributed by atoms with Crippen LogP contribution in [-0.2, 0) is 20.7 Å². The minimum atomic E-state index is -0.752. The highest BCUT2D eigenvalue weighted by molar-refractivity contribution is 6.22. The van der Waals surface area contributed by atoms with E-state index in [2.05, 4.69) is 5.32 Å². The number of benzene rings is 2. The van der Waals surface area contributed by atoms with E-state index >= 15 is 0 Å². The van der Waals surface area contributed by atoms with Crippen LogP contribution in [0.1, 0.15) is 50.0 Å². The number of fused-ring (bicyclic) bond motifs is 1. The van der Waals surface area contributed by atoms with Crippen molar-refractivity contribution in [3.63, 3.8) is 0 Å². The minimum Gasteiger partial charge on any atom is -0.452 e. The SMILES string of the molecule is CCc1ccc(NC(=O)COC(=O)c2ccc3c(c2)C(=O)N(CCCOC)C3=O)cc1. The minimum absolute atomic E-state index is 0.0961. The molecule has 3 amide bonds. The number of ether oxygens (including phenoxy) is 2. The molecule has 0 atom stereocenters. The molecule has 1 aliphatic heterocycles. The van der Waals surface area contributed by atoms with Crippen molar-refractivity contribution in [2.75, 3.05) is 32.2 Å². The van der Waals surface area contributed by atoms with E-state index in [-0.39, 0.29) is 23.2 Å². The zero-order chi connectivity index (χ0) is 22.4. The standard InChI is InChI=1S/C23H24N2O6/c1-3-15-5-8-17(9-6-15)24-20(26)14-31-23(29)16-7-10-18-19(13-16)22(28)25(21(18)27)11-4-12-30-2/h5-10,13H,3-4,11-12,14H2,1-2H3,(H,24,26). The monoisotopic (exact) mass is 424 g/mol. The van der Waals surface area contributed by atoms with Gasteiger partial charge in [-0.2, -0.15) is 0 Å². The van der Waals surface area contributed by atoms with Gasteiger partial charge in [-0.3, -0.25) is 19.3 Å². The first-order valence-electron chi connectivity index (χ1n) is 9.99. The lowest BCUT2D eigenvalue weighted by Gasteiger charge is -2.12. The molecule has 0 aromatic heterocycles. The zero-order valence-electron chi connectivity index (χ0n) is 17.5. The number of aryl methyl sites for hydroxylation is 1. The number of carbonyl (C=O) groups excluding carboxylic acids is 4. The molecule has 0 fully saturated rings. The Hall–Kier alpha value is -3.52. The van der Waals surface area contributed by atoms with Gasteiger partial charge in [0.1, 0.15) is 0 Å². The van der Waals surface area contributed by atoms with Crippen LogP contribution in [0.5, 0.6) is 0 Å². The number of carbonyl (C=O) groups is 4. The van der Waals surface area contributed by atoms with Gasteiger partial charge < -0.3 is 14.8 Å². The number of hydrogen-bond donors (Lipinski definition) is 1. The summed E-state index contributed by atoms with van der Waals surface area (Å²) in [6.07, 6.45) is 1.42. The summed E-state index contributed by atoms with van der Waals surface area (Å²) in [6.45, 7) is 2.23. The molecule has 31 heavy (non-hydrogen) atoms. The van der Waals surface area contributed by atoms with E-state index in [1.165, 1.54) is 18.2 Å². The van der Waals surface area contributed by atoms with Crippen LogP contribution in [0.2, 0.25) is 0 Å². The number of amides is 3. The summed E-state index contributed by atoms with van der Waals surface area (Å²) in [4.78, 5) is 50.5. The van der Waals surface area contributed by atoms with Gasteiger partial charge in [0.05, 0.1) is 16.7 Å². The second kappa shape index (κ2) is 9.99. The number of methoxy groups -OCH3 is 1. The number of nitrogens with one attached hydrogen (secondary N) is 1. The molecule has 3 rings (SSSR count). The quantitative estimate of drug-likeness (QED) is 0.377. The zero-order valence-corrected chi connectivity index (χ0v) is 17.5. The average molecular weight is 424 g/mol. The first kappa shape index (κ1) is 22.2. The van der Waals surface area contributed by atoms with Crippen molar-refractivity contribution >= 4 is 29.4 Å². The van der Waals surface area contributed by atoms with Gasteiger partial charge in [0.25, 0.3) is 17.7 Å². The predicted molar refractivity (Wildman–Crippen MR) is 113 cm³/mol. The Morgan fingerprint density at radius 1 is 1.00 bits per heavy atom. The highest BCUT2D eigenvalue weighted by atomic mass is 16.5. The fourth-order valence-electron chi connectivity index (χ4n) is 3.22. The fourth-order valence-corrected chi connectivity index (χ4v) is 3.22. The first-order chi connectivity index (χ1) is 14.9. The van der Waals surface area contributed by atoms with Crippen molar-refractivity contribution in [3.8, 4) is 0 Å². The lowest BCUT2D eigenvalue weighted by Crippen LogP contribution is -2.31. The van der Waals surface area contributed by atoms with Crippen molar-refractivity contribution in [1.29, 1.82) is 0 Å². The molecule has 0 spiro atoms. The van der Waals surface area contributed by atoms with Gasteiger partial charge in [-0.1, -0.05) is 19.1 Å². The molecule has 162 valence electrons. The number of hydrogen-bond acceptors (Lipinski definition) is 6. The summed E-state index contributed by atoms with van der Waals surface area (Å²) >= 11 is 0. The first-order valence-corrected chi connectivity index (χ1v) is 9.99. The molecule has 0 saturated heterocycles. The van der Waals surface area contributed by atoms with Gasteiger partial charge in [0, 0.05) is 25.9 Å². The number of imide groups is 1. The molecule has 2 aromatic carbocycles. The van der Waals surface area contributed by atoms with Crippen molar-refractivity contribution in [2.45, 2.75) is 19.8 Å². The Kier molecular flexibility index (Phi) is 7.15. The Bertz CT molecular complexity index is 1000. The molecule has 1 N–H and O–H groups in total. The number of esters is 1. The van der Waals surface area contributed by atoms with E-state index in [4.69, 9.17) is 9.47 Å². The highest BCUT2D eigenvalue weighted by Gasteiger charge is 2.35. The molecular weight excluding hydrogens is 400 g/mol. The Morgan fingerprint density at radius 2 is 1.71 bits per heavy atom. The normalized spacial score (nSPS) is 12.6. The fraction of sp³-hybridized carbons (Fsp3) is 0.304. The van der Waals surface area contributed by atoms with Crippen LogP contribution < -0.4 is 5.32 Å². The Labute approximate surface area is 180 Å². The molecule has 1 aliphatic rings. The van der Waals surface area contributed by atoms with Crippen LogP contribution in [0.4, 0.5) is 5.69 Å². The van der Waals surface area contributed by atoms with E-state index in [0.717, 1.165) is 16.9 Å². The van der Waals surface area contributed by atoms with Crippen molar-refractivity contribution < 1.29 is 28.7 Å². The molecule has 8 nitrogen and oxygen atoms in total. The molecule has 2 aromatic rings. The maximum absolute atomic E-state index is 12.5. The van der Waals surface area contributed by atoms with Crippen LogP contribution in [0, 0.1) is 0 Å². The average Bonchev–Trinajstić information content (AvgIpc) is 3.02. The van der Waals surface area contributed by atoms with E-state index in [1.54, 1.807) is 19.2 Å². The second-order valence-corrected chi connectivity index (χ2v) is 7.04. The third kappa shape index (κ3) is 5.16. The Balaban J connectivity index is 1.59. The van der Waals surface area contributed by atoms with E-state index in [1.807, 2.05) is 19.1 Å². The van der Waals surface area contributed by atoms with Crippen molar-refractivity contribution in [1.82, 2.24) is 4.90 Å². The largest absolute Gasteiger partial charge is 0.452 e. The molecule has 0 unspecified atom stereocenters. The smallest absolute Gasteiger partial charge is 0.338 e. The number of nitrogens with zero attached hydrogens (tertiary/aromatic N) is 1. The summed E-state index contributed by atoms with van der Waals surface area (Å²) in [6, 6.07) is 11.5. The summed E-state index contributed by atoms with van der Waals surface area (Å²) in [5.74, 6) is -2.09. The second-order valence-electron chi connectivity index (χ2n) is 7.04. The van der Waals surface area contributed by atoms with Gasteiger partial charge in [-0.25, -0.2) is 4.79 Å².